The van der Waals surface area contributed by atoms with Gasteiger partial charge in [0.05, 0.1) is 13.7 Å². The molecule has 0 aliphatic carbocycles. The fraction of sp³-hybridized carbons (Fsp3) is 0.632. The molecule has 2 aliphatic rings. The molecule has 6 nitrogen and oxygen atoms in total. The van der Waals surface area contributed by atoms with Crippen LogP contribution in [0, 0.1) is 5.92 Å². The van der Waals surface area contributed by atoms with Crippen LogP contribution >= 0.6 is 0 Å². The minimum Gasteiger partial charge on any atom is -0.496 e. The van der Waals surface area contributed by atoms with E-state index in [0.29, 0.717) is 31.1 Å². The van der Waals surface area contributed by atoms with E-state index < -0.39 is 0 Å². The predicted octanol–water partition coefficient (Wildman–Crippen LogP) is 0.931. The third-order valence-electron chi connectivity index (χ3n) is 5.43. The SMILES string of the molecule is CCC1NNC2CCN(CC(=O)NCCc3ccccc3OC)CC12. The number of carbonyl (C=O) groups is 1. The van der Waals surface area contributed by atoms with Crippen LogP contribution in [0.15, 0.2) is 24.3 Å². The van der Waals surface area contributed by atoms with Gasteiger partial charge in [0.1, 0.15) is 5.75 Å². The number of fused-ring (bicyclic) bond motifs is 1. The number of hydrogen-bond acceptors (Lipinski definition) is 5. The standard InChI is InChI=1S/C19H30N4O2/c1-3-16-15-12-23(11-9-17(15)22-21-16)13-19(24)20-10-8-14-6-4-5-7-18(14)25-2/h4-7,15-17,21-22H,3,8-13H2,1-2H3,(H,20,24). The van der Waals surface area contributed by atoms with Gasteiger partial charge in [0.2, 0.25) is 5.91 Å². The smallest absolute Gasteiger partial charge is 0.234 e. The van der Waals surface area contributed by atoms with E-state index in [2.05, 4.69) is 28.0 Å². The summed E-state index contributed by atoms with van der Waals surface area (Å²) >= 11 is 0. The average molecular weight is 346 g/mol. The van der Waals surface area contributed by atoms with Gasteiger partial charge in [-0.1, -0.05) is 25.1 Å². The first kappa shape index (κ1) is 18.2. The lowest BCUT2D eigenvalue weighted by Gasteiger charge is -2.35. The van der Waals surface area contributed by atoms with Crippen LogP contribution in [-0.4, -0.2) is 56.2 Å². The predicted molar refractivity (Wildman–Crippen MR) is 98.4 cm³/mol. The Balaban J connectivity index is 1.42. The zero-order valence-electron chi connectivity index (χ0n) is 15.3. The first-order chi connectivity index (χ1) is 12.2. The number of carbonyl (C=O) groups excluding carboxylic acids is 1. The molecule has 2 fully saturated rings. The maximum Gasteiger partial charge on any atom is 0.234 e. The summed E-state index contributed by atoms with van der Waals surface area (Å²) < 4.78 is 5.35. The normalized spacial score (nSPS) is 26.2. The molecule has 138 valence electrons. The van der Waals surface area contributed by atoms with E-state index in [9.17, 15) is 4.79 Å². The van der Waals surface area contributed by atoms with Crippen molar-refractivity contribution in [3.8, 4) is 5.75 Å². The number of hydrogen-bond donors (Lipinski definition) is 3. The molecular formula is C19H30N4O2. The number of piperidine rings is 1. The monoisotopic (exact) mass is 346 g/mol. The first-order valence-corrected chi connectivity index (χ1v) is 9.33. The highest BCUT2D eigenvalue weighted by Crippen LogP contribution is 2.25. The molecule has 3 rings (SSSR count). The van der Waals surface area contributed by atoms with Crippen LogP contribution in [0.25, 0.3) is 0 Å². The average Bonchev–Trinajstić information content (AvgIpc) is 3.04. The summed E-state index contributed by atoms with van der Waals surface area (Å²) in [5.41, 5.74) is 7.93. The van der Waals surface area contributed by atoms with E-state index in [1.165, 1.54) is 0 Å². The van der Waals surface area contributed by atoms with Gasteiger partial charge in [0.25, 0.3) is 0 Å². The lowest BCUT2D eigenvalue weighted by atomic mass is 9.87. The van der Waals surface area contributed by atoms with Gasteiger partial charge in [-0.3, -0.25) is 20.5 Å². The largest absolute Gasteiger partial charge is 0.496 e. The van der Waals surface area contributed by atoms with Crippen molar-refractivity contribution in [3.63, 3.8) is 0 Å². The summed E-state index contributed by atoms with van der Waals surface area (Å²) in [5, 5.41) is 3.05. The summed E-state index contributed by atoms with van der Waals surface area (Å²) in [4.78, 5) is 14.6. The Hall–Kier alpha value is -1.63. The Bertz CT molecular complexity index is 574. The quantitative estimate of drug-likeness (QED) is 0.685. The number of likely N-dealkylation sites (tertiary alicyclic amines) is 1. The summed E-state index contributed by atoms with van der Waals surface area (Å²) in [5.74, 6) is 1.59. The molecule has 2 saturated heterocycles. The van der Waals surface area contributed by atoms with E-state index in [1.54, 1.807) is 7.11 Å². The lowest BCUT2D eigenvalue weighted by molar-refractivity contribution is -0.122. The second-order valence-electron chi connectivity index (χ2n) is 7.01. The molecule has 0 radical (unpaired) electrons. The van der Waals surface area contributed by atoms with Crippen molar-refractivity contribution >= 4 is 5.91 Å². The van der Waals surface area contributed by atoms with Crippen molar-refractivity contribution in [1.82, 2.24) is 21.1 Å². The molecule has 1 amide bonds. The molecule has 0 spiro atoms. The van der Waals surface area contributed by atoms with Crippen LogP contribution in [-0.2, 0) is 11.2 Å². The van der Waals surface area contributed by atoms with Crippen molar-refractivity contribution in [1.29, 1.82) is 0 Å². The highest BCUT2D eigenvalue weighted by atomic mass is 16.5. The number of amides is 1. The van der Waals surface area contributed by atoms with Crippen molar-refractivity contribution in [2.75, 3.05) is 33.3 Å². The summed E-state index contributed by atoms with van der Waals surface area (Å²) in [6.45, 7) is 5.31. The summed E-state index contributed by atoms with van der Waals surface area (Å²) in [7, 11) is 1.68. The topological polar surface area (TPSA) is 65.6 Å². The molecule has 3 atom stereocenters. The van der Waals surface area contributed by atoms with Crippen LogP contribution in [0.4, 0.5) is 0 Å². The van der Waals surface area contributed by atoms with E-state index in [0.717, 1.165) is 43.7 Å². The van der Waals surface area contributed by atoms with E-state index in [-0.39, 0.29) is 5.91 Å². The molecule has 1 aromatic carbocycles. The fourth-order valence-electron chi connectivity index (χ4n) is 4.01. The number of methoxy groups -OCH3 is 1. The van der Waals surface area contributed by atoms with Gasteiger partial charge >= 0.3 is 0 Å². The number of nitrogens with one attached hydrogen (secondary N) is 3. The Morgan fingerprint density at radius 2 is 2.20 bits per heavy atom. The molecule has 3 unspecified atom stereocenters. The zero-order chi connectivity index (χ0) is 17.6. The molecular weight excluding hydrogens is 316 g/mol. The second-order valence-corrected chi connectivity index (χ2v) is 7.01. The molecule has 0 bridgehead atoms. The molecule has 0 aromatic heterocycles. The minimum absolute atomic E-state index is 0.111. The van der Waals surface area contributed by atoms with Gasteiger partial charge in [0.15, 0.2) is 0 Å². The van der Waals surface area contributed by atoms with Crippen molar-refractivity contribution in [3.05, 3.63) is 29.8 Å². The fourth-order valence-corrected chi connectivity index (χ4v) is 4.01. The third-order valence-corrected chi connectivity index (χ3v) is 5.43. The Morgan fingerprint density at radius 1 is 1.36 bits per heavy atom. The molecule has 0 saturated carbocycles. The van der Waals surface area contributed by atoms with E-state index >= 15 is 0 Å². The van der Waals surface area contributed by atoms with Crippen molar-refractivity contribution < 1.29 is 9.53 Å². The second kappa shape index (κ2) is 8.65. The van der Waals surface area contributed by atoms with Gasteiger partial charge in [-0.15, -0.1) is 0 Å². The van der Waals surface area contributed by atoms with Gasteiger partial charge in [-0.05, 0) is 30.9 Å². The van der Waals surface area contributed by atoms with Crippen molar-refractivity contribution in [2.24, 2.45) is 5.92 Å². The molecule has 2 heterocycles. The summed E-state index contributed by atoms with van der Waals surface area (Å²) in [6, 6.07) is 9.02. The number of rotatable bonds is 7. The van der Waals surface area contributed by atoms with E-state index in [1.807, 2.05) is 24.3 Å². The zero-order valence-corrected chi connectivity index (χ0v) is 15.3. The first-order valence-electron chi connectivity index (χ1n) is 9.33. The number of para-hydroxylation sites is 1. The highest BCUT2D eigenvalue weighted by Gasteiger charge is 2.38. The maximum atomic E-state index is 12.3. The van der Waals surface area contributed by atoms with Crippen molar-refractivity contribution in [2.45, 2.75) is 38.3 Å². The third kappa shape index (κ3) is 4.51. The summed E-state index contributed by atoms with van der Waals surface area (Å²) in [6.07, 6.45) is 3.00. The van der Waals surface area contributed by atoms with E-state index in [4.69, 9.17) is 4.74 Å². The molecule has 25 heavy (non-hydrogen) atoms. The van der Waals surface area contributed by atoms with Crippen LogP contribution in [0.2, 0.25) is 0 Å². The van der Waals surface area contributed by atoms with Crippen LogP contribution in [0.5, 0.6) is 5.75 Å². The Kier molecular flexibility index (Phi) is 6.29. The van der Waals surface area contributed by atoms with Gasteiger partial charge < -0.3 is 10.1 Å². The Labute approximate surface area is 150 Å². The maximum absolute atomic E-state index is 12.3. The molecule has 2 aliphatic heterocycles. The van der Waals surface area contributed by atoms with Gasteiger partial charge in [-0.2, -0.15) is 0 Å². The number of nitrogens with zero attached hydrogens (tertiary/aromatic N) is 1. The van der Waals surface area contributed by atoms with Gasteiger partial charge in [-0.25, -0.2) is 0 Å². The number of ether oxygens (including phenoxy) is 1. The lowest BCUT2D eigenvalue weighted by Crippen LogP contribution is -2.49. The number of benzene rings is 1. The molecule has 1 aromatic rings. The molecule has 6 heteroatoms. The number of hydrazine groups is 1. The van der Waals surface area contributed by atoms with Gasteiger partial charge in [0, 0.05) is 37.6 Å². The van der Waals surface area contributed by atoms with Crippen LogP contribution in [0.1, 0.15) is 25.3 Å². The Morgan fingerprint density at radius 3 is 3.00 bits per heavy atom. The minimum atomic E-state index is 0.111. The molecule has 3 N–H and O–H groups in total. The van der Waals surface area contributed by atoms with Crippen LogP contribution < -0.4 is 20.9 Å². The van der Waals surface area contributed by atoms with Crippen LogP contribution in [0.3, 0.4) is 0 Å². The highest BCUT2D eigenvalue weighted by molar-refractivity contribution is 5.78.